The van der Waals surface area contributed by atoms with Crippen molar-refractivity contribution in [2.75, 3.05) is 0 Å². The van der Waals surface area contributed by atoms with Gasteiger partial charge in [0.25, 0.3) is 18.2 Å². The molecule has 0 aromatic heterocycles. The lowest BCUT2D eigenvalue weighted by Crippen LogP contribution is -2.52. The second-order valence-corrected chi connectivity index (χ2v) is 6.63. The van der Waals surface area contributed by atoms with Crippen LogP contribution in [0.5, 0.6) is 0 Å². The van der Waals surface area contributed by atoms with Gasteiger partial charge in [-0.1, -0.05) is 24.0 Å². The topological polar surface area (TPSA) is 157 Å². The summed E-state index contributed by atoms with van der Waals surface area (Å²) in [5.74, 6) is 8.71. The number of nitrogens with two attached hydrogens (primary N) is 1. The summed E-state index contributed by atoms with van der Waals surface area (Å²) in [7, 11) is 0. The first kappa shape index (κ1) is 25.5. The number of urea groups is 1. The fraction of sp³-hybridized carbons (Fsp3) is 0.130. The number of rotatable bonds is 7. The van der Waals surface area contributed by atoms with Crippen molar-refractivity contribution in [1.29, 1.82) is 5.41 Å². The highest BCUT2D eigenvalue weighted by atomic mass is 19.3. The molecule has 2 aromatic carbocycles. The number of halogens is 2. The minimum Gasteiger partial charge on any atom is -0.352 e. The van der Waals surface area contributed by atoms with E-state index in [1.807, 2.05) is 5.32 Å². The average molecular weight is 467 g/mol. The number of hydrogen-bond acceptors (Lipinski definition) is 5. The van der Waals surface area contributed by atoms with E-state index in [4.69, 9.17) is 16.4 Å². The van der Waals surface area contributed by atoms with Gasteiger partial charge in [-0.15, -0.1) is 0 Å². The summed E-state index contributed by atoms with van der Waals surface area (Å²) in [6.45, 7) is 0.306. The minimum absolute atomic E-state index is 0.0281. The first-order valence-corrected chi connectivity index (χ1v) is 9.57. The Labute approximate surface area is 193 Å². The van der Waals surface area contributed by atoms with Gasteiger partial charge in [0.1, 0.15) is 5.71 Å². The van der Waals surface area contributed by atoms with Crippen LogP contribution in [0.15, 0.2) is 48.5 Å². The zero-order valence-corrected chi connectivity index (χ0v) is 17.5. The van der Waals surface area contributed by atoms with E-state index < -0.39 is 36.0 Å². The van der Waals surface area contributed by atoms with Crippen LogP contribution in [0, 0.1) is 29.1 Å². The molecule has 0 aliphatic rings. The Balaban J connectivity index is 2.01. The van der Waals surface area contributed by atoms with Crippen LogP contribution in [-0.2, 0) is 11.3 Å². The van der Waals surface area contributed by atoms with Gasteiger partial charge in [0, 0.05) is 23.2 Å². The third-order valence-electron chi connectivity index (χ3n) is 4.24. The van der Waals surface area contributed by atoms with Crippen LogP contribution >= 0.6 is 0 Å². The quantitative estimate of drug-likeness (QED) is 0.156. The maximum absolute atomic E-state index is 12.7. The van der Waals surface area contributed by atoms with Gasteiger partial charge in [-0.25, -0.2) is 19.1 Å². The molecule has 0 heterocycles. The third kappa shape index (κ3) is 7.75. The van der Waals surface area contributed by atoms with Crippen molar-refractivity contribution in [3.63, 3.8) is 0 Å². The lowest BCUT2D eigenvalue weighted by Gasteiger charge is -2.17. The Morgan fingerprint density at radius 1 is 0.971 bits per heavy atom. The van der Waals surface area contributed by atoms with E-state index in [0.717, 1.165) is 11.0 Å². The van der Waals surface area contributed by atoms with Crippen LogP contribution in [0.1, 0.15) is 27.0 Å². The van der Waals surface area contributed by atoms with Crippen LogP contribution in [0.2, 0.25) is 0 Å². The van der Waals surface area contributed by atoms with E-state index in [0.29, 0.717) is 17.7 Å². The fourth-order valence-corrected chi connectivity index (χ4v) is 2.50. The number of alkyl halides is 2. The first-order valence-electron chi connectivity index (χ1n) is 9.57. The van der Waals surface area contributed by atoms with E-state index in [9.17, 15) is 23.2 Å². The lowest BCUT2D eigenvalue weighted by atomic mass is 10.1. The molecule has 0 aliphatic heterocycles. The number of nitrogens with one attached hydrogen (secondary N) is 4. The molecule has 2 rings (SSSR count). The maximum atomic E-state index is 12.7. The predicted molar refractivity (Wildman–Crippen MR) is 118 cm³/mol. The molecule has 0 saturated carbocycles. The zero-order chi connectivity index (χ0) is 25.1. The van der Waals surface area contributed by atoms with Crippen LogP contribution in [0.4, 0.5) is 13.6 Å². The number of primary amides is 1. The lowest BCUT2D eigenvalue weighted by molar-refractivity contribution is -0.129. The molecule has 2 aromatic rings. The van der Waals surface area contributed by atoms with Gasteiger partial charge in [-0.3, -0.25) is 14.8 Å². The number of hydroxylamine groups is 1. The molecule has 0 saturated heterocycles. The van der Waals surface area contributed by atoms with Gasteiger partial charge < -0.3 is 21.8 Å². The van der Waals surface area contributed by atoms with Crippen LogP contribution in [0.25, 0.3) is 0 Å². The Hall–Kier alpha value is -4.74. The number of benzene rings is 2. The van der Waals surface area contributed by atoms with Crippen molar-refractivity contribution in [2.45, 2.75) is 19.0 Å². The molecule has 34 heavy (non-hydrogen) atoms. The second kappa shape index (κ2) is 12.3. The number of hydrogen-bond donors (Lipinski definition) is 6. The number of carbonyl (C=O) groups is 3. The molecule has 0 fully saturated rings. The standard InChI is InChI=1S/C23H19F2N5O4/c24-20(25)18(26)19(22(32)30-34)29-21(31)17-11-9-15(10-12-17)4-2-1-3-14-5-7-16(8-6-14)13-28-23(27)33/h5-12,19-20,26,34H,13H2,(H,29,31)(H,30,32)(H3,27,28,33)/t19-/m0/s1. The summed E-state index contributed by atoms with van der Waals surface area (Å²) in [4.78, 5) is 34.4. The van der Waals surface area contributed by atoms with Gasteiger partial charge in [-0.05, 0) is 53.8 Å². The van der Waals surface area contributed by atoms with Crippen molar-refractivity contribution in [3.8, 4) is 23.7 Å². The summed E-state index contributed by atoms with van der Waals surface area (Å²) in [6.07, 6.45) is -3.29. The molecule has 4 amide bonds. The summed E-state index contributed by atoms with van der Waals surface area (Å²) < 4.78 is 25.5. The van der Waals surface area contributed by atoms with Gasteiger partial charge in [0.2, 0.25) is 0 Å². The normalized spacial score (nSPS) is 10.6. The predicted octanol–water partition coefficient (Wildman–Crippen LogP) is 1.15. The summed E-state index contributed by atoms with van der Waals surface area (Å²) in [5, 5.41) is 20.3. The fourth-order valence-electron chi connectivity index (χ4n) is 2.50. The summed E-state index contributed by atoms with van der Waals surface area (Å²) in [6, 6.07) is 10.1. The molecule has 0 bridgehead atoms. The van der Waals surface area contributed by atoms with E-state index in [1.165, 1.54) is 24.3 Å². The molecule has 0 radical (unpaired) electrons. The number of carbonyl (C=O) groups excluding carboxylic acids is 3. The molecule has 9 nitrogen and oxygen atoms in total. The molecule has 1 atom stereocenters. The van der Waals surface area contributed by atoms with Crippen LogP contribution in [0.3, 0.4) is 0 Å². The van der Waals surface area contributed by atoms with Gasteiger partial charge >= 0.3 is 6.03 Å². The highest BCUT2D eigenvalue weighted by Crippen LogP contribution is 2.06. The minimum atomic E-state index is -3.29. The van der Waals surface area contributed by atoms with Crippen molar-refractivity contribution in [3.05, 3.63) is 70.8 Å². The molecule has 0 unspecified atom stereocenters. The van der Waals surface area contributed by atoms with Crippen molar-refractivity contribution in [1.82, 2.24) is 16.1 Å². The molecule has 0 aliphatic carbocycles. The van der Waals surface area contributed by atoms with E-state index in [2.05, 4.69) is 29.0 Å². The Kier molecular flexibility index (Phi) is 9.26. The molecular weight excluding hydrogens is 448 g/mol. The SMILES string of the molecule is N=C(C(F)F)[C@H](NC(=O)c1ccc(C#CC#Cc2ccc(CNC(N)=O)cc2)cc1)C(=O)NO. The summed E-state index contributed by atoms with van der Waals surface area (Å²) in [5.41, 5.74) is 6.90. The van der Waals surface area contributed by atoms with Crippen molar-refractivity contribution < 1.29 is 28.4 Å². The van der Waals surface area contributed by atoms with Crippen LogP contribution in [-0.4, -0.2) is 41.2 Å². The third-order valence-corrected chi connectivity index (χ3v) is 4.24. The Bertz CT molecular complexity index is 1190. The zero-order valence-electron chi connectivity index (χ0n) is 17.5. The maximum Gasteiger partial charge on any atom is 0.312 e. The number of amides is 4. The largest absolute Gasteiger partial charge is 0.352 e. The molecule has 174 valence electrons. The monoisotopic (exact) mass is 467 g/mol. The summed E-state index contributed by atoms with van der Waals surface area (Å²) >= 11 is 0. The Morgan fingerprint density at radius 2 is 1.50 bits per heavy atom. The molecule has 11 heteroatoms. The molecule has 0 spiro atoms. The second-order valence-electron chi connectivity index (χ2n) is 6.63. The molecule has 7 N–H and O–H groups in total. The van der Waals surface area contributed by atoms with E-state index >= 15 is 0 Å². The van der Waals surface area contributed by atoms with Crippen LogP contribution < -0.4 is 21.8 Å². The average Bonchev–Trinajstić information content (AvgIpc) is 2.83. The van der Waals surface area contributed by atoms with Gasteiger partial charge in [0.15, 0.2) is 6.04 Å². The van der Waals surface area contributed by atoms with Crippen molar-refractivity contribution in [2.24, 2.45) is 5.73 Å². The van der Waals surface area contributed by atoms with E-state index in [-0.39, 0.29) is 5.56 Å². The first-order chi connectivity index (χ1) is 16.2. The molecular formula is C23H19F2N5O4. The van der Waals surface area contributed by atoms with Gasteiger partial charge in [-0.2, -0.15) is 0 Å². The van der Waals surface area contributed by atoms with Gasteiger partial charge in [0.05, 0.1) is 0 Å². The Morgan fingerprint density at radius 3 is 1.97 bits per heavy atom. The van der Waals surface area contributed by atoms with Crippen molar-refractivity contribution >= 4 is 23.6 Å². The highest BCUT2D eigenvalue weighted by molar-refractivity contribution is 6.11. The smallest absolute Gasteiger partial charge is 0.312 e. The highest BCUT2D eigenvalue weighted by Gasteiger charge is 2.30. The van der Waals surface area contributed by atoms with E-state index in [1.54, 1.807) is 24.3 Å².